The van der Waals surface area contributed by atoms with Crippen molar-refractivity contribution >= 4 is 5.96 Å². The van der Waals surface area contributed by atoms with Gasteiger partial charge in [0.25, 0.3) is 0 Å². The number of ether oxygens (including phenoxy) is 2. The minimum atomic E-state index is -2.86. The molecule has 29 heavy (non-hydrogen) atoms. The minimum Gasteiger partial charge on any atom is -0.434 e. The molecule has 2 aromatic carbocycles. The van der Waals surface area contributed by atoms with E-state index in [2.05, 4.69) is 32.5 Å². The Hall–Kier alpha value is -2.67. The summed E-state index contributed by atoms with van der Waals surface area (Å²) in [5, 5.41) is 6.56. The lowest BCUT2D eigenvalue weighted by atomic mass is 9.95. The van der Waals surface area contributed by atoms with Crippen molar-refractivity contribution in [1.82, 2.24) is 10.6 Å². The molecule has 0 spiro atoms. The highest BCUT2D eigenvalue weighted by atomic mass is 19.3. The van der Waals surface area contributed by atoms with Crippen molar-refractivity contribution < 1.29 is 18.3 Å². The lowest BCUT2D eigenvalue weighted by Crippen LogP contribution is -2.40. The third kappa shape index (κ3) is 6.15. The lowest BCUT2D eigenvalue weighted by molar-refractivity contribution is -0.0504. The van der Waals surface area contributed by atoms with Gasteiger partial charge in [0.05, 0.1) is 12.6 Å². The molecule has 1 fully saturated rings. The fraction of sp³-hybridized carbons (Fsp3) is 0.409. The first kappa shape index (κ1) is 21.0. The SMILES string of the molecule is CCNC(=NCc1ccccc1OC(F)F)NCC1CCOC1c1ccccc1. The molecule has 0 radical (unpaired) electrons. The second kappa shape index (κ2) is 10.8. The molecular weight excluding hydrogens is 376 g/mol. The molecule has 0 aliphatic carbocycles. The number of guanidine groups is 1. The number of nitrogens with one attached hydrogen (secondary N) is 2. The van der Waals surface area contributed by atoms with E-state index in [-0.39, 0.29) is 18.4 Å². The average Bonchev–Trinajstić information content (AvgIpc) is 3.20. The third-order valence-corrected chi connectivity index (χ3v) is 4.81. The van der Waals surface area contributed by atoms with Crippen molar-refractivity contribution in [2.24, 2.45) is 10.9 Å². The standard InChI is InChI=1S/C22H27F2N3O2/c1-2-25-22(26-14-17-10-6-7-11-19(17)29-21(23)24)27-15-18-12-13-28-20(18)16-8-4-3-5-9-16/h3-11,18,20-21H,2,12-15H2,1H3,(H2,25,26,27). The maximum absolute atomic E-state index is 12.6. The Morgan fingerprint density at radius 1 is 1.14 bits per heavy atom. The zero-order valence-corrected chi connectivity index (χ0v) is 16.5. The van der Waals surface area contributed by atoms with Gasteiger partial charge in [0.2, 0.25) is 0 Å². The van der Waals surface area contributed by atoms with Crippen molar-refractivity contribution in [3.05, 3.63) is 65.7 Å². The van der Waals surface area contributed by atoms with E-state index in [0.717, 1.165) is 13.0 Å². The number of hydrogen-bond acceptors (Lipinski definition) is 3. The molecule has 156 valence electrons. The Balaban J connectivity index is 1.63. The fourth-order valence-electron chi connectivity index (χ4n) is 3.43. The molecule has 0 saturated carbocycles. The van der Waals surface area contributed by atoms with Gasteiger partial charge < -0.3 is 20.1 Å². The number of alkyl halides is 2. The van der Waals surface area contributed by atoms with Crippen LogP contribution in [0.5, 0.6) is 5.75 Å². The molecule has 1 aliphatic heterocycles. The Kier molecular flexibility index (Phi) is 7.81. The highest BCUT2D eigenvalue weighted by Crippen LogP contribution is 2.33. The number of benzene rings is 2. The number of para-hydroxylation sites is 1. The predicted octanol–water partition coefficient (Wildman–Crippen LogP) is 4.12. The first-order chi connectivity index (χ1) is 14.2. The van der Waals surface area contributed by atoms with Gasteiger partial charge in [0, 0.05) is 31.2 Å². The summed E-state index contributed by atoms with van der Waals surface area (Å²) >= 11 is 0. The highest BCUT2D eigenvalue weighted by molar-refractivity contribution is 5.79. The Morgan fingerprint density at radius 2 is 1.90 bits per heavy atom. The van der Waals surface area contributed by atoms with Crippen LogP contribution in [0.25, 0.3) is 0 Å². The number of nitrogens with zero attached hydrogens (tertiary/aromatic N) is 1. The number of aliphatic imine (C=N–C) groups is 1. The van der Waals surface area contributed by atoms with E-state index in [1.807, 2.05) is 25.1 Å². The van der Waals surface area contributed by atoms with Crippen LogP contribution in [-0.2, 0) is 11.3 Å². The second-order valence-corrected chi connectivity index (χ2v) is 6.81. The third-order valence-electron chi connectivity index (χ3n) is 4.81. The molecule has 2 N–H and O–H groups in total. The van der Waals surface area contributed by atoms with Gasteiger partial charge in [-0.25, -0.2) is 4.99 Å². The van der Waals surface area contributed by atoms with E-state index in [0.29, 0.717) is 30.5 Å². The summed E-state index contributed by atoms with van der Waals surface area (Å²) in [7, 11) is 0. The molecule has 3 rings (SSSR count). The van der Waals surface area contributed by atoms with Gasteiger partial charge in [-0.15, -0.1) is 0 Å². The Morgan fingerprint density at radius 3 is 2.66 bits per heavy atom. The van der Waals surface area contributed by atoms with Gasteiger partial charge in [0.1, 0.15) is 5.75 Å². The molecule has 2 aromatic rings. The maximum atomic E-state index is 12.6. The summed E-state index contributed by atoms with van der Waals surface area (Å²) in [4.78, 5) is 4.54. The quantitative estimate of drug-likeness (QED) is 0.514. The lowest BCUT2D eigenvalue weighted by Gasteiger charge is -2.21. The van der Waals surface area contributed by atoms with E-state index in [1.165, 1.54) is 11.6 Å². The van der Waals surface area contributed by atoms with Crippen molar-refractivity contribution in [3.8, 4) is 5.75 Å². The van der Waals surface area contributed by atoms with Crippen LogP contribution in [-0.4, -0.2) is 32.3 Å². The van der Waals surface area contributed by atoms with Gasteiger partial charge in [-0.1, -0.05) is 48.5 Å². The minimum absolute atomic E-state index is 0.0618. The van der Waals surface area contributed by atoms with Crippen LogP contribution in [0.2, 0.25) is 0 Å². The first-order valence-electron chi connectivity index (χ1n) is 9.88. The summed E-state index contributed by atoms with van der Waals surface area (Å²) in [5.41, 5.74) is 1.79. The molecular formula is C22H27F2N3O2. The number of hydrogen-bond donors (Lipinski definition) is 2. The van der Waals surface area contributed by atoms with Crippen molar-refractivity contribution in [1.29, 1.82) is 0 Å². The summed E-state index contributed by atoms with van der Waals surface area (Å²) in [6, 6.07) is 16.9. The summed E-state index contributed by atoms with van der Waals surface area (Å²) in [6.07, 6.45) is 1.03. The molecule has 5 nitrogen and oxygen atoms in total. The van der Waals surface area contributed by atoms with Crippen LogP contribution in [0, 0.1) is 5.92 Å². The summed E-state index contributed by atoms with van der Waals surface area (Å²) in [5.74, 6) is 1.12. The number of rotatable bonds is 8. The summed E-state index contributed by atoms with van der Waals surface area (Å²) in [6.45, 7) is 1.50. The summed E-state index contributed by atoms with van der Waals surface area (Å²) < 4.78 is 35.7. The molecule has 1 saturated heterocycles. The molecule has 7 heteroatoms. The average molecular weight is 403 g/mol. The van der Waals surface area contributed by atoms with Gasteiger partial charge in [-0.3, -0.25) is 0 Å². The van der Waals surface area contributed by atoms with Gasteiger partial charge in [-0.2, -0.15) is 8.78 Å². The molecule has 2 unspecified atom stereocenters. The molecule has 1 heterocycles. The molecule has 1 aliphatic rings. The van der Waals surface area contributed by atoms with Crippen LogP contribution < -0.4 is 15.4 Å². The fourth-order valence-corrected chi connectivity index (χ4v) is 3.43. The smallest absolute Gasteiger partial charge is 0.387 e. The van der Waals surface area contributed by atoms with E-state index in [1.54, 1.807) is 18.2 Å². The van der Waals surface area contributed by atoms with Crippen molar-refractivity contribution in [2.75, 3.05) is 19.7 Å². The van der Waals surface area contributed by atoms with Gasteiger partial charge in [-0.05, 0) is 25.0 Å². The van der Waals surface area contributed by atoms with Gasteiger partial charge >= 0.3 is 6.61 Å². The second-order valence-electron chi connectivity index (χ2n) is 6.81. The van der Waals surface area contributed by atoms with Crippen LogP contribution in [0.4, 0.5) is 8.78 Å². The van der Waals surface area contributed by atoms with E-state index < -0.39 is 6.61 Å². The van der Waals surface area contributed by atoms with E-state index in [4.69, 9.17) is 4.74 Å². The van der Waals surface area contributed by atoms with Crippen LogP contribution in [0.3, 0.4) is 0 Å². The van der Waals surface area contributed by atoms with Crippen LogP contribution >= 0.6 is 0 Å². The topological polar surface area (TPSA) is 54.9 Å². The predicted molar refractivity (Wildman–Crippen MR) is 109 cm³/mol. The van der Waals surface area contributed by atoms with Crippen LogP contribution in [0.15, 0.2) is 59.6 Å². The monoisotopic (exact) mass is 403 g/mol. The first-order valence-corrected chi connectivity index (χ1v) is 9.88. The van der Waals surface area contributed by atoms with Gasteiger partial charge in [0.15, 0.2) is 5.96 Å². The van der Waals surface area contributed by atoms with E-state index in [9.17, 15) is 8.78 Å². The van der Waals surface area contributed by atoms with Crippen LogP contribution in [0.1, 0.15) is 30.6 Å². The van der Waals surface area contributed by atoms with E-state index >= 15 is 0 Å². The van der Waals surface area contributed by atoms with Crippen molar-refractivity contribution in [3.63, 3.8) is 0 Å². The zero-order chi connectivity index (χ0) is 20.5. The molecule has 0 amide bonds. The normalized spacial score (nSPS) is 19.4. The molecule has 0 bridgehead atoms. The van der Waals surface area contributed by atoms with Crippen molar-refractivity contribution in [2.45, 2.75) is 32.6 Å². The Bertz CT molecular complexity index is 787. The Labute approximate surface area is 170 Å². The molecule has 2 atom stereocenters. The molecule has 0 aromatic heterocycles. The number of halogens is 2. The highest BCUT2D eigenvalue weighted by Gasteiger charge is 2.29. The zero-order valence-electron chi connectivity index (χ0n) is 16.5. The largest absolute Gasteiger partial charge is 0.434 e. The maximum Gasteiger partial charge on any atom is 0.387 e.